The fraction of sp³-hybridized carbons (Fsp3) is 0.200. The number of aromatic nitrogens is 1. The summed E-state index contributed by atoms with van der Waals surface area (Å²) >= 11 is 0. The number of nitrogens with zero attached hydrogens (tertiary/aromatic N) is 1. The van der Waals surface area contributed by atoms with Crippen LogP contribution in [-0.2, 0) is 16.1 Å². The maximum Gasteiger partial charge on any atom is 0.354 e. The van der Waals surface area contributed by atoms with Crippen LogP contribution in [0.1, 0.15) is 33.3 Å². The van der Waals surface area contributed by atoms with Crippen molar-refractivity contribution in [3.05, 3.63) is 29.1 Å². The zero-order valence-corrected chi connectivity index (χ0v) is 8.84. The molecule has 0 aromatic carbocycles. The van der Waals surface area contributed by atoms with Gasteiger partial charge in [-0.1, -0.05) is 0 Å². The van der Waals surface area contributed by atoms with Gasteiger partial charge in [-0.15, -0.1) is 0 Å². The Kier molecular flexibility index (Phi) is 3.76. The highest BCUT2D eigenvalue weighted by molar-refractivity contribution is 5.95. The van der Waals surface area contributed by atoms with Gasteiger partial charge in [0.15, 0.2) is 5.69 Å². The van der Waals surface area contributed by atoms with E-state index in [1.54, 1.807) is 0 Å². The first-order valence-electron chi connectivity index (χ1n) is 4.51. The summed E-state index contributed by atoms with van der Waals surface area (Å²) in [5.41, 5.74) is -0.826. The van der Waals surface area contributed by atoms with Crippen molar-refractivity contribution in [1.29, 1.82) is 0 Å². The lowest BCUT2D eigenvalue weighted by Gasteiger charge is -2.08. The van der Waals surface area contributed by atoms with Gasteiger partial charge in [-0.3, -0.25) is 4.79 Å². The maximum atomic E-state index is 10.9. The molecule has 0 bridgehead atoms. The summed E-state index contributed by atoms with van der Waals surface area (Å²) in [7, 11) is 0. The number of pyridine rings is 1. The van der Waals surface area contributed by atoms with E-state index >= 15 is 0 Å². The highest BCUT2D eigenvalue weighted by atomic mass is 16.5. The van der Waals surface area contributed by atoms with Crippen LogP contribution in [0, 0.1) is 0 Å². The van der Waals surface area contributed by atoms with E-state index in [9.17, 15) is 14.4 Å². The van der Waals surface area contributed by atoms with E-state index in [4.69, 9.17) is 10.2 Å². The van der Waals surface area contributed by atoms with Crippen molar-refractivity contribution in [2.75, 3.05) is 0 Å². The summed E-state index contributed by atoms with van der Waals surface area (Å²) in [6.45, 7) is 0.698. The lowest BCUT2D eigenvalue weighted by molar-refractivity contribution is -0.142. The maximum absolute atomic E-state index is 10.9. The number of esters is 1. The molecule has 0 spiro atoms. The van der Waals surface area contributed by atoms with Crippen molar-refractivity contribution in [2.24, 2.45) is 0 Å². The SMILES string of the molecule is CC(=O)OCc1c(C(=O)O)ccnc1C(=O)O. The van der Waals surface area contributed by atoms with Crippen LogP contribution in [0.2, 0.25) is 0 Å². The van der Waals surface area contributed by atoms with Gasteiger partial charge in [-0.25, -0.2) is 14.6 Å². The quantitative estimate of drug-likeness (QED) is 0.737. The topological polar surface area (TPSA) is 114 Å². The van der Waals surface area contributed by atoms with E-state index in [1.165, 1.54) is 0 Å². The predicted octanol–water partition coefficient (Wildman–Crippen LogP) is 0.541. The molecule has 0 radical (unpaired) electrons. The highest BCUT2D eigenvalue weighted by Crippen LogP contribution is 2.14. The monoisotopic (exact) mass is 239 g/mol. The lowest BCUT2D eigenvalue weighted by Crippen LogP contribution is -2.14. The smallest absolute Gasteiger partial charge is 0.354 e. The standard InChI is InChI=1S/C10H9NO6/c1-5(12)17-4-7-6(9(13)14)2-3-11-8(7)10(15)16/h2-3H,4H2,1H3,(H,13,14)(H,15,16). The third kappa shape index (κ3) is 3.00. The molecule has 7 nitrogen and oxygen atoms in total. The summed E-state index contributed by atoms with van der Waals surface area (Å²) in [5.74, 6) is -3.33. The highest BCUT2D eigenvalue weighted by Gasteiger charge is 2.20. The number of hydrogen-bond acceptors (Lipinski definition) is 5. The van der Waals surface area contributed by atoms with Gasteiger partial charge >= 0.3 is 17.9 Å². The molecule has 2 N–H and O–H groups in total. The molecule has 0 aliphatic carbocycles. The Labute approximate surface area is 95.7 Å². The molecule has 0 aliphatic rings. The van der Waals surface area contributed by atoms with Crippen LogP contribution in [0.3, 0.4) is 0 Å². The van der Waals surface area contributed by atoms with E-state index in [0.29, 0.717) is 0 Å². The minimum atomic E-state index is -1.38. The Hall–Kier alpha value is -2.44. The van der Waals surface area contributed by atoms with E-state index in [1.807, 2.05) is 0 Å². The number of carboxylic acids is 2. The fourth-order valence-electron chi connectivity index (χ4n) is 1.20. The molecule has 0 unspecified atom stereocenters. The van der Waals surface area contributed by atoms with Crippen molar-refractivity contribution in [3.8, 4) is 0 Å². The Morgan fingerprint density at radius 1 is 1.29 bits per heavy atom. The average Bonchev–Trinajstić information content (AvgIpc) is 2.25. The minimum absolute atomic E-state index is 0.136. The molecule has 1 aromatic rings. The largest absolute Gasteiger partial charge is 0.478 e. The third-order valence-electron chi connectivity index (χ3n) is 1.91. The Morgan fingerprint density at radius 2 is 1.94 bits per heavy atom. The molecule has 0 saturated heterocycles. The van der Waals surface area contributed by atoms with Crippen LogP contribution < -0.4 is 0 Å². The van der Waals surface area contributed by atoms with Crippen LogP contribution in [0.4, 0.5) is 0 Å². The van der Waals surface area contributed by atoms with Crippen molar-refractivity contribution in [1.82, 2.24) is 4.98 Å². The van der Waals surface area contributed by atoms with Crippen LogP contribution in [-0.4, -0.2) is 33.1 Å². The van der Waals surface area contributed by atoms with Crippen molar-refractivity contribution in [2.45, 2.75) is 13.5 Å². The number of carboxylic acid groups (broad SMARTS) is 2. The van der Waals surface area contributed by atoms with E-state index < -0.39 is 30.2 Å². The molecule has 1 aromatic heterocycles. The second kappa shape index (κ2) is 5.06. The summed E-state index contributed by atoms with van der Waals surface area (Å²) in [4.78, 5) is 35.9. The van der Waals surface area contributed by atoms with E-state index in [-0.39, 0.29) is 11.1 Å². The molecule has 0 amide bonds. The third-order valence-corrected chi connectivity index (χ3v) is 1.91. The molecule has 1 heterocycles. The van der Waals surface area contributed by atoms with Gasteiger partial charge in [0.05, 0.1) is 5.56 Å². The number of aromatic carboxylic acids is 2. The molecule has 0 fully saturated rings. The van der Waals surface area contributed by atoms with Gasteiger partial charge in [0.25, 0.3) is 0 Å². The molecule has 17 heavy (non-hydrogen) atoms. The summed E-state index contributed by atoms with van der Waals surface area (Å²) in [6, 6.07) is 1.15. The van der Waals surface area contributed by atoms with Gasteiger partial charge in [0.1, 0.15) is 6.61 Å². The summed E-state index contributed by atoms with van der Waals surface area (Å²) in [5, 5.41) is 17.7. The van der Waals surface area contributed by atoms with Gasteiger partial charge in [-0.05, 0) is 6.07 Å². The zero-order valence-electron chi connectivity index (χ0n) is 8.84. The molecule has 7 heteroatoms. The van der Waals surface area contributed by atoms with Gasteiger partial charge < -0.3 is 14.9 Å². The molecular formula is C10H9NO6. The normalized spacial score (nSPS) is 9.71. The van der Waals surface area contributed by atoms with Crippen LogP contribution >= 0.6 is 0 Å². The first kappa shape index (κ1) is 12.6. The zero-order chi connectivity index (χ0) is 13.0. The van der Waals surface area contributed by atoms with Crippen molar-refractivity contribution < 1.29 is 29.3 Å². The number of ether oxygens (including phenoxy) is 1. The molecule has 0 atom stereocenters. The van der Waals surface area contributed by atoms with Crippen LogP contribution in [0.25, 0.3) is 0 Å². The second-order valence-electron chi connectivity index (χ2n) is 3.08. The predicted molar refractivity (Wildman–Crippen MR) is 53.6 cm³/mol. The molecule has 90 valence electrons. The minimum Gasteiger partial charge on any atom is -0.478 e. The van der Waals surface area contributed by atoms with E-state index in [0.717, 1.165) is 19.2 Å². The second-order valence-corrected chi connectivity index (χ2v) is 3.08. The summed E-state index contributed by atoms with van der Waals surface area (Å²) in [6.07, 6.45) is 1.07. The number of hydrogen-bond donors (Lipinski definition) is 2. The van der Waals surface area contributed by atoms with Crippen LogP contribution in [0.5, 0.6) is 0 Å². The van der Waals surface area contributed by atoms with Gasteiger partial charge in [0, 0.05) is 18.7 Å². The number of carbonyl (C=O) groups excluding carboxylic acids is 1. The Morgan fingerprint density at radius 3 is 2.41 bits per heavy atom. The molecule has 1 rings (SSSR count). The average molecular weight is 239 g/mol. The molecule has 0 saturated carbocycles. The Balaban J connectivity index is 3.23. The van der Waals surface area contributed by atoms with Crippen molar-refractivity contribution in [3.63, 3.8) is 0 Å². The fourth-order valence-corrected chi connectivity index (χ4v) is 1.20. The van der Waals surface area contributed by atoms with Crippen LogP contribution in [0.15, 0.2) is 12.3 Å². The van der Waals surface area contributed by atoms with Gasteiger partial charge in [0.2, 0.25) is 0 Å². The first-order valence-corrected chi connectivity index (χ1v) is 4.51. The molecule has 0 aliphatic heterocycles. The first-order chi connectivity index (χ1) is 7.93. The van der Waals surface area contributed by atoms with Gasteiger partial charge in [-0.2, -0.15) is 0 Å². The summed E-state index contributed by atoms with van der Waals surface area (Å²) < 4.78 is 4.60. The molecular weight excluding hydrogens is 230 g/mol. The number of rotatable bonds is 4. The van der Waals surface area contributed by atoms with Crippen molar-refractivity contribution >= 4 is 17.9 Å². The lowest BCUT2D eigenvalue weighted by atomic mass is 10.1. The Bertz CT molecular complexity index is 449. The van der Waals surface area contributed by atoms with E-state index in [2.05, 4.69) is 9.72 Å². The number of carbonyl (C=O) groups is 3.